The monoisotopic (exact) mass is 359 g/mol. The number of hydrogen-bond donors (Lipinski definition) is 1. The minimum atomic E-state index is -0.372. The Balaban J connectivity index is 1.56. The molecule has 0 saturated carbocycles. The summed E-state index contributed by atoms with van der Waals surface area (Å²) >= 11 is 5.79. The predicted molar refractivity (Wildman–Crippen MR) is 91.0 cm³/mol. The molecule has 7 nitrogen and oxygen atoms in total. The highest BCUT2D eigenvalue weighted by Gasteiger charge is 2.12. The van der Waals surface area contributed by atoms with Crippen LogP contribution < -0.4 is 14.8 Å². The fourth-order valence-corrected chi connectivity index (χ4v) is 2.08. The van der Waals surface area contributed by atoms with Gasteiger partial charge in [-0.1, -0.05) is 16.7 Å². The van der Waals surface area contributed by atoms with E-state index in [0.717, 1.165) is 5.75 Å². The SMILES string of the molecule is COc1ccc(OCc2nnc(NC(=O)c3ccc(Cl)cc3)o2)cc1. The van der Waals surface area contributed by atoms with Crippen molar-refractivity contribution in [3.63, 3.8) is 0 Å². The molecule has 0 aliphatic rings. The van der Waals surface area contributed by atoms with E-state index in [9.17, 15) is 4.79 Å². The number of carbonyl (C=O) groups is 1. The lowest BCUT2D eigenvalue weighted by molar-refractivity contribution is 0.102. The van der Waals surface area contributed by atoms with Crippen molar-refractivity contribution in [3.8, 4) is 11.5 Å². The van der Waals surface area contributed by atoms with E-state index in [-0.39, 0.29) is 24.4 Å². The van der Waals surface area contributed by atoms with Gasteiger partial charge < -0.3 is 13.9 Å². The lowest BCUT2D eigenvalue weighted by Crippen LogP contribution is -2.11. The van der Waals surface area contributed by atoms with Crippen molar-refractivity contribution < 1.29 is 18.7 Å². The Labute approximate surface area is 148 Å². The van der Waals surface area contributed by atoms with Gasteiger partial charge >= 0.3 is 6.01 Å². The summed E-state index contributed by atoms with van der Waals surface area (Å²) in [6, 6.07) is 13.5. The maximum absolute atomic E-state index is 12.0. The van der Waals surface area contributed by atoms with Crippen molar-refractivity contribution in [2.45, 2.75) is 6.61 Å². The number of hydrogen-bond acceptors (Lipinski definition) is 6. The first kappa shape index (κ1) is 16.8. The van der Waals surface area contributed by atoms with Crippen LogP contribution in [0.3, 0.4) is 0 Å². The van der Waals surface area contributed by atoms with Crippen molar-refractivity contribution >= 4 is 23.5 Å². The molecule has 1 aromatic heterocycles. The molecule has 1 heterocycles. The lowest BCUT2D eigenvalue weighted by Gasteiger charge is -2.04. The Morgan fingerprint density at radius 3 is 2.44 bits per heavy atom. The van der Waals surface area contributed by atoms with Crippen LogP contribution in [0.25, 0.3) is 0 Å². The van der Waals surface area contributed by atoms with Gasteiger partial charge in [-0.15, -0.1) is 5.10 Å². The Morgan fingerprint density at radius 2 is 1.76 bits per heavy atom. The van der Waals surface area contributed by atoms with Crippen LogP contribution in [-0.4, -0.2) is 23.2 Å². The van der Waals surface area contributed by atoms with Crippen LogP contribution in [0.4, 0.5) is 6.01 Å². The van der Waals surface area contributed by atoms with Gasteiger partial charge in [-0.05, 0) is 48.5 Å². The zero-order valence-corrected chi connectivity index (χ0v) is 14.0. The van der Waals surface area contributed by atoms with Crippen molar-refractivity contribution in [3.05, 3.63) is 65.0 Å². The van der Waals surface area contributed by atoms with Crippen LogP contribution in [0.5, 0.6) is 11.5 Å². The molecule has 0 saturated heterocycles. The number of amides is 1. The highest BCUT2D eigenvalue weighted by molar-refractivity contribution is 6.30. The number of ether oxygens (including phenoxy) is 2. The number of rotatable bonds is 6. The number of halogens is 1. The number of anilines is 1. The molecule has 0 aliphatic heterocycles. The Morgan fingerprint density at radius 1 is 1.08 bits per heavy atom. The number of benzene rings is 2. The van der Waals surface area contributed by atoms with Crippen LogP contribution in [0.15, 0.2) is 52.9 Å². The van der Waals surface area contributed by atoms with Crippen molar-refractivity contribution in [2.75, 3.05) is 12.4 Å². The van der Waals surface area contributed by atoms with Gasteiger partial charge in [-0.25, -0.2) is 0 Å². The number of nitrogens with one attached hydrogen (secondary N) is 1. The summed E-state index contributed by atoms with van der Waals surface area (Å²) in [5.74, 6) is 1.23. The lowest BCUT2D eigenvalue weighted by atomic mass is 10.2. The van der Waals surface area contributed by atoms with Gasteiger partial charge in [0.15, 0.2) is 6.61 Å². The molecule has 0 atom stereocenters. The topological polar surface area (TPSA) is 86.5 Å². The van der Waals surface area contributed by atoms with E-state index in [1.54, 1.807) is 55.6 Å². The van der Waals surface area contributed by atoms with Crippen LogP contribution in [-0.2, 0) is 6.61 Å². The van der Waals surface area contributed by atoms with Gasteiger partial charge in [0.2, 0.25) is 0 Å². The summed E-state index contributed by atoms with van der Waals surface area (Å²) in [5.41, 5.74) is 0.429. The average molecular weight is 360 g/mol. The summed E-state index contributed by atoms with van der Waals surface area (Å²) in [6.07, 6.45) is 0. The molecule has 8 heteroatoms. The molecule has 25 heavy (non-hydrogen) atoms. The van der Waals surface area contributed by atoms with Crippen LogP contribution in [0.2, 0.25) is 5.02 Å². The van der Waals surface area contributed by atoms with Crippen molar-refractivity contribution in [1.82, 2.24) is 10.2 Å². The summed E-state index contributed by atoms with van der Waals surface area (Å²) in [4.78, 5) is 12.0. The molecule has 0 bridgehead atoms. The fourth-order valence-electron chi connectivity index (χ4n) is 1.95. The smallest absolute Gasteiger partial charge is 0.322 e. The molecule has 1 N–H and O–H groups in total. The molecule has 3 rings (SSSR count). The Bertz CT molecular complexity index is 847. The largest absolute Gasteiger partial charge is 0.497 e. The minimum absolute atomic E-state index is 0.00622. The molecule has 0 unspecified atom stereocenters. The molecule has 2 aromatic carbocycles. The van der Waals surface area contributed by atoms with E-state index >= 15 is 0 Å². The minimum Gasteiger partial charge on any atom is -0.497 e. The summed E-state index contributed by atoms with van der Waals surface area (Å²) in [6.45, 7) is 0.0795. The standard InChI is InChI=1S/C17H14ClN3O4/c1-23-13-6-8-14(9-7-13)24-10-15-20-21-17(25-15)19-16(22)11-2-4-12(18)5-3-11/h2-9H,10H2,1H3,(H,19,21,22). The number of carbonyl (C=O) groups excluding carboxylic acids is 1. The normalized spacial score (nSPS) is 10.3. The van der Waals surface area contributed by atoms with Gasteiger partial charge in [-0.2, -0.15) is 0 Å². The number of nitrogens with zero attached hydrogens (tertiary/aromatic N) is 2. The van der Waals surface area contributed by atoms with Gasteiger partial charge in [-0.3, -0.25) is 10.1 Å². The average Bonchev–Trinajstić information content (AvgIpc) is 3.08. The Kier molecular flexibility index (Phi) is 5.15. The molecular weight excluding hydrogens is 346 g/mol. The van der Waals surface area contributed by atoms with Crippen LogP contribution in [0.1, 0.15) is 16.2 Å². The third-order valence-electron chi connectivity index (χ3n) is 3.22. The van der Waals surface area contributed by atoms with Crippen LogP contribution >= 0.6 is 11.6 Å². The van der Waals surface area contributed by atoms with Gasteiger partial charge in [0.1, 0.15) is 11.5 Å². The molecular formula is C17H14ClN3O4. The third kappa shape index (κ3) is 4.48. The zero-order chi connectivity index (χ0) is 17.6. The molecule has 1 amide bonds. The summed E-state index contributed by atoms with van der Waals surface area (Å²) < 4.78 is 15.9. The van der Waals surface area contributed by atoms with E-state index in [4.69, 9.17) is 25.5 Å². The second-order valence-corrected chi connectivity index (χ2v) is 5.36. The highest BCUT2D eigenvalue weighted by Crippen LogP contribution is 2.18. The summed E-state index contributed by atoms with van der Waals surface area (Å²) in [7, 11) is 1.59. The van der Waals surface area contributed by atoms with E-state index in [1.165, 1.54) is 0 Å². The van der Waals surface area contributed by atoms with E-state index in [1.807, 2.05) is 0 Å². The third-order valence-corrected chi connectivity index (χ3v) is 3.47. The first-order chi connectivity index (χ1) is 12.1. The molecule has 3 aromatic rings. The van der Waals surface area contributed by atoms with Gasteiger partial charge in [0.05, 0.1) is 7.11 Å². The van der Waals surface area contributed by atoms with E-state index < -0.39 is 0 Å². The fraction of sp³-hybridized carbons (Fsp3) is 0.118. The maximum Gasteiger partial charge on any atom is 0.322 e. The number of aromatic nitrogens is 2. The van der Waals surface area contributed by atoms with Crippen molar-refractivity contribution in [1.29, 1.82) is 0 Å². The second-order valence-electron chi connectivity index (χ2n) is 4.93. The van der Waals surface area contributed by atoms with E-state index in [2.05, 4.69) is 15.5 Å². The zero-order valence-electron chi connectivity index (χ0n) is 13.2. The number of methoxy groups -OCH3 is 1. The molecule has 0 aliphatic carbocycles. The molecule has 0 fully saturated rings. The maximum atomic E-state index is 12.0. The van der Waals surface area contributed by atoms with Gasteiger partial charge in [0.25, 0.3) is 11.8 Å². The first-order valence-electron chi connectivity index (χ1n) is 7.30. The highest BCUT2D eigenvalue weighted by atomic mass is 35.5. The quantitative estimate of drug-likeness (QED) is 0.724. The molecule has 0 radical (unpaired) electrons. The van der Waals surface area contributed by atoms with Crippen molar-refractivity contribution in [2.24, 2.45) is 0 Å². The summed E-state index contributed by atoms with van der Waals surface area (Å²) in [5, 5.41) is 10.7. The Hall–Kier alpha value is -3.06. The second kappa shape index (κ2) is 7.67. The molecule has 0 spiro atoms. The molecule has 128 valence electrons. The van der Waals surface area contributed by atoms with Crippen LogP contribution in [0, 0.1) is 0 Å². The predicted octanol–water partition coefficient (Wildman–Crippen LogP) is 3.56. The first-order valence-corrected chi connectivity index (χ1v) is 7.68. The van der Waals surface area contributed by atoms with Gasteiger partial charge in [0, 0.05) is 10.6 Å². The van der Waals surface area contributed by atoms with E-state index in [0.29, 0.717) is 16.3 Å².